The number of hydrogen-bond donors (Lipinski definition) is 2. The summed E-state index contributed by atoms with van der Waals surface area (Å²) in [5, 5.41) is 7.35. The van der Waals surface area contributed by atoms with Crippen LogP contribution in [0.4, 0.5) is 0 Å². The molecule has 0 aliphatic carbocycles. The van der Waals surface area contributed by atoms with Gasteiger partial charge in [-0.3, -0.25) is 14.3 Å². The van der Waals surface area contributed by atoms with Crippen LogP contribution >= 0.6 is 0 Å². The van der Waals surface area contributed by atoms with Crippen molar-refractivity contribution < 1.29 is 14.3 Å². The normalized spacial score (nSPS) is 17.5. The fraction of sp³-hybridized carbons (Fsp3) is 0.722. The fourth-order valence-electron chi connectivity index (χ4n) is 3.07. The molecule has 1 aliphatic heterocycles. The van der Waals surface area contributed by atoms with Crippen LogP contribution in [0.3, 0.4) is 0 Å². The van der Waals surface area contributed by atoms with Crippen LogP contribution in [0, 0.1) is 5.41 Å². The summed E-state index contributed by atoms with van der Waals surface area (Å²) in [6.45, 7) is 11.5. The second-order valence-corrected chi connectivity index (χ2v) is 8.13. The van der Waals surface area contributed by atoms with Crippen molar-refractivity contribution >= 4 is 11.8 Å². The number of rotatable bonds is 5. The zero-order valence-corrected chi connectivity index (χ0v) is 15.9. The summed E-state index contributed by atoms with van der Waals surface area (Å²) in [7, 11) is 0. The number of nitrogens with one attached hydrogen (secondary N) is 1. The number of nitrogens with zero attached hydrogens (tertiary/aromatic N) is 2. The molecule has 1 aromatic rings. The summed E-state index contributed by atoms with van der Waals surface area (Å²) >= 11 is 0. The van der Waals surface area contributed by atoms with E-state index in [2.05, 4.69) is 45.0 Å². The van der Waals surface area contributed by atoms with Crippen molar-refractivity contribution in [3.8, 4) is 0 Å². The van der Waals surface area contributed by atoms with E-state index >= 15 is 0 Å². The van der Waals surface area contributed by atoms with Crippen molar-refractivity contribution in [3.05, 3.63) is 17.5 Å². The van der Waals surface area contributed by atoms with Gasteiger partial charge < -0.3 is 15.8 Å². The van der Waals surface area contributed by atoms with Crippen molar-refractivity contribution in [3.63, 3.8) is 0 Å². The number of carbonyl (C=O) groups is 2. The van der Waals surface area contributed by atoms with Crippen molar-refractivity contribution in [2.75, 3.05) is 19.8 Å². The van der Waals surface area contributed by atoms with Crippen LogP contribution < -0.4 is 11.1 Å². The van der Waals surface area contributed by atoms with Crippen molar-refractivity contribution in [1.82, 2.24) is 15.1 Å². The molecular formula is C18H30N4O3. The molecule has 7 nitrogen and oxygen atoms in total. The lowest BCUT2D eigenvalue weighted by molar-refractivity contribution is -0.132. The quantitative estimate of drug-likeness (QED) is 0.845. The SMILES string of the molecule is CC(C)c1cc(C(=O)NCC2(C(N)=O)CCOCC2)nn1C(C)(C)C. The summed E-state index contributed by atoms with van der Waals surface area (Å²) in [5.41, 5.74) is 6.01. The van der Waals surface area contributed by atoms with Gasteiger partial charge in [-0.05, 0) is 45.6 Å². The lowest BCUT2D eigenvalue weighted by atomic mass is 9.79. The van der Waals surface area contributed by atoms with Gasteiger partial charge in [0, 0.05) is 25.5 Å². The van der Waals surface area contributed by atoms with E-state index in [4.69, 9.17) is 10.5 Å². The number of aromatic nitrogens is 2. The third-order valence-electron chi connectivity index (χ3n) is 4.76. The highest BCUT2D eigenvalue weighted by molar-refractivity contribution is 5.93. The Morgan fingerprint density at radius 2 is 1.96 bits per heavy atom. The molecular weight excluding hydrogens is 320 g/mol. The molecule has 1 saturated heterocycles. The fourth-order valence-corrected chi connectivity index (χ4v) is 3.07. The lowest BCUT2D eigenvalue weighted by Gasteiger charge is -2.34. The Balaban J connectivity index is 2.17. The standard InChI is InChI=1S/C18H30N4O3/c1-12(2)14-10-13(21-22(14)17(3,4)5)15(23)20-11-18(16(19)24)6-8-25-9-7-18/h10,12H,6-9,11H2,1-5H3,(H2,19,24)(H,20,23). The first-order valence-electron chi connectivity index (χ1n) is 8.83. The third kappa shape index (κ3) is 4.21. The zero-order valence-electron chi connectivity index (χ0n) is 15.9. The largest absolute Gasteiger partial charge is 0.381 e. The van der Waals surface area contributed by atoms with Crippen LogP contribution in [0.1, 0.15) is 69.6 Å². The topological polar surface area (TPSA) is 99.2 Å². The maximum atomic E-state index is 12.6. The molecule has 25 heavy (non-hydrogen) atoms. The Morgan fingerprint density at radius 3 is 2.40 bits per heavy atom. The molecule has 0 bridgehead atoms. The first kappa shape index (κ1) is 19.4. The molecule has 1 aromatic heterocycles. The molecule has 0 unspecified atom stereocenters. The molecule has 0 spiro atoms. The predicted octanol–water partition coefficient (Wildman–Crippen LogP) is 1.77. The molecule has 2 heterocycles. The maximum absolute atomic E-state index is 12.6. The van der Waals surface area contributed by atoms with E-state index in [1.807, 2.05) is 10.7 Å². The highest BCUT2D eigenvalue weighted by Crippen LogP contribution is 2.29. The minimum Gasteiger partial charge on any atom is -0.381 e. The van der Waals surface area contributed by atoms with Crippen LogP contribution in [0.25, 0.3) is 0 Å². The van der Waals surface area contributed by atoms with Gasteiger partial charge in [-0.25, -0.2) is 0 Å². The molecule has 2 rings (SSSR count). The summed E-state index contributed by atoms with van der Waals surface area (Å²) in [5.74, 6) is -0.420. The average molecular weight is 350 g/mol. The van der Waals surface area contributed by atoms with Gasteiger partial charge in [0.05, 0.1) is 11.0 Å². The second-order valence-electron chi connectivity index (χ2n) is 8.13. The van der Waals surface area contributed by atoms with E-state index in [9.17, 15) is 9.59 Å². The van der Waals surface area contributed by atoms with Crippen molar-refractivity contribution in [1.29, 1.82) is 0 Å². The number of carbonyl (C=O) groups excluding carboxylic acids is 2. The molecule has 0 saturated carbocycles. The van der Waals surface area contributed by atoms with Crippen molar-refractivity contribution in [2.24, 2.45) is 11.1 Å². The van der Waals surface area contributed by atoms with Gasteiger partial charge in [-0.2, -0.15) is 5.10 Å². The number of amides is 2. The van der Waals surface area contributed by atoms with Crippen LogP contribution in [0.2, 0.25) is 0 Å². The number of primary amides is 1. The van der Waals surface area contributed by atoms with Crippen LogP contribution in [-0.2, 0) is 15.1 Å². The summed E-state index contributed by atoms with van der Waals surface area (Å²) in [6.07, 6.45) is 1.05. The molecule has 0 atom stereocenters. The first-order valence-corrected chi connectivity index (χ1v) is 8.83. The van der Waals surface area contributed by atoms with Gasteiger partial charge in [0.1, 0.15) is 5.69 Å². The summed E-state index contributed by atoms with van der Waals surface area (Å²) in [4.78, 5) is 24.5. The summed E-state index contributed by atoms with van der Waals surface area (Å²) < 4.78 is 7.21. The summed E-state index contributed by atoms with van der Waals surface area (Å²) in [6, 6.07) is 1.83. The maximum Gasteiger partial charge on any atom is 0.271 e. The Kier molecular flexibility index (Phi) is 5.56. The van der Waals surface area contributed by atoms with Gasteiger partial charge >= 0.3 is 0 Å². The van der Waals surface area contributed by atoms with E-state index in [0.29, 0.717) is 31.7 Å². The van der Waals surface area contributed by atoms with E-state index in [1.54, 1.807) is 0 Å². The van der Waals surface area contributed by atoms with Crippen LogP contribution in [0.15, 0.2) is 6.07 Å². The van der Waals surface area contributed by atoms with Gasteiger partial charge in [-0.1, -0.05) is 13.8 Å². The Hall–Kier alpha value is -1.89. The highest BCUT2D eigenvalue weighted by atomic mass is 16.5. The Morgan fingerprint density at radius 1 is 1.36 bits per heavy atom. The van der Waals surface area contributed by atoms with Crippen LogP contribution in [0.5, 0.6) is 0 Å². The van der Waals surface area contributed by atoms with E-state index in [0.717, 1.165) is 5.69 Å². The average Bonchev–Trinajstić information content (AvgIpc) is 2.99. The van der Waals surface area contributed by atoms with E-state index in [-0.39, 0.29) is 29.8 Å². The molecule has 1 fully saturated rings. The van der Waals surface area contributed by atoms with Gasteiger partial charge in [-0.15, -0.1) is 0 Å². The molecule has 140 valence electrons. The lowest BCUT2D eigenvalue weighted by Crippen LogP contribution is -2.49. The van der Waals surface area contributed by atoms with Gasteiger partial charge in [0.15, 0.2) is 0 Å². The zero-order chi connectivity index (χ0) is 18.8. The minimum atomic E-state index is -0.735. The van der Waals surface area contributed by atoms with Gasteiger partial charge in [0.25, 0.3) is 5.91 Å². The molecule has 2 amide bonds. The molecule has 0 radical (unpaired) electrons. The highest BCUT2D eigenvalue weighted by Gasteiger charge is 2.39. The Labute approximate surface area is 149 Å². The second kappa shape index (κ2) is 7.15. The molecule has 0 aromatic carbocycles. The van der Waals surface area contributed by atoms with Crippen molar-refractivity contribution in [2.45, 2.75) is 58.9 Å². The van der Waals surface area contributed by atoms with Crippen LogP contribution in [-0.4, -0.2) is 41.4 Å². The van der Waals surface area contributed by atoms with E-state index < -0.39 is 5.41 Å². The Bertz CT molecular complexity index is 637. The predicted molar refractivity (Wildman–Crippen MR) is 95.3 cm³/mol. The number of nitrogens with two attached hydrogens (primary N) is 1. The molecule has 3 N–H and O–H groups in total. The minimum absolute atomic E-state index is 0.212. The smallest absolute Gasteiger partial charge is 0.271 e. The monoisotopic (exact) mass is 350 g/mol. The molecule has 7 heteroatoms. The number of hydrogen-bond acceptors (Lipinski definition) is 4. The first-order chi connectivity index (χ1) is 11.6. The van der Waals surface area contributed by atoms with Gasteiger partial charge in [0.2, 0.25) is 5.91 Å². The number of ether oxygens (including phenoxy) is 1. The molecule has 1 aliphatic rings. The van der Waals surface area contributed by atoms with E-state index in [1.165, 1.54) is 0 Å². The third-order valence-corrected chi connectivity index (χ3v) is 4.76.